The first-order valence-corrected chi connectivity index (χ1v) is 8.83. The number of carbonyl (C=O) groups excluding carboxylic acids is 1. The third kappa shape index (κ3) is 4.35. The first kappa shape index (κ1) is 17.1. The minimum Gasteiger partial charge on any atom is -0.350 e. The van der Waals surface area contributed by atoms with Crippen molar-refractivity contribution in [3.63, 3.8) is 0 Å². The Kier molecular flexibility index (Phi) is 5.44. The maximum Gasteiger partial charge on any atom is 0.271 e. The van der Waals surface area contributed by atoms with Crippen LogP contribution >= 0.6 is 0 Å². The summed E-state index contributed by atoms with van der Waals surface area (Å²) in [6.07, 6.45) is 4.97. The maximum absolute atomic E-state index is 12.0. The SMILES string of the molecule is CC(C)S(=O)(=O)c1ccc(CCNC(=O)c2cnccn2)cc1. The van der Waals surface area contributed by atoms with Crippen LogP contribution in [0.5, 0.6) is 0 Å². The summed E-state index contributed by atoms with van der Waals surface area (Å²) in [6, 6.07) is 6.75. The molecule has 6 nitrogen and oxygen atoms in total. The molecule has 0 saturated heterocycles. The van der Waals surface area contributed by atoms with Crippen molar-refractivity contribution in [1.82, 2.24) is 15.3 Å². The summed E-state index contributed by atoms with van der Waals surface area (Å²) in [5, 5.41) is 2.31. The summed E-state index contributed by atoms with van der Waals surface area (Å²) >= 11 is 0. The van der Waals surface area contributed by atoms with Crippen LogP contribution in [0.2, 0.25) is 0 Å². The van der Waals surface area contributed by atoms with Gasteiger partial charge in [0.15, 0.2) is 9.84 Å². The van der Waals surface area contributed by atoms with Crippen molar-refractivity contribution in [1.29, 1.82) is 0 Å². The zero-order chi connectivity index (χ0) is 16.9. The Labute approximate surface area is 135 Å². The van der Waals surface area contributed by atoms with E-state index < -0.39 is 15.1 Å². The molecule has 0 saturated carbocycles. The van der Waals surface area contributed by atoms with Crippen LogP contribution in [0, 0.1) is 0 Å². The van der Waals surface area contributed by atoms with Crippen molar-refractivity contribution in [2.45, 2.75) is 30.4 Å². The number of hydrogen-bond donors (Lipinski definition) is 1. The fourth-order valence-electron chi connectivity index (χ4n) is 1.95. The van der Waals surface area contributed by atoms with Crippen molar-refractivity contribution in [2.24, 2.45) is 0 Å². The summed E-state index contributed by atoms with van der Waals surface area (Å²) < 4.78 is 24.1. The average molecular weight is 333 g/mol. The normalized spacial score (nSPS) is 11.4. The number of carbonyl (C=O) groups is 1. The van der Waals surface area contributed by atoms with E-state index in [0.29, 0.717) is 17.9 Å². The molecule has 1 amide bonds. The second-order valence-electron chi connectivity index (χ2n) is 5.33. The molecule has 0 bridgehead atoms. The van der Waals surface area contributed by atoms with Gasteiger partial charge in [-0.05, 0) is 38.0 Å². The molecule has 0 radical (unpaired) electrons. The number of hydrogen-bond acceptors (Lipinski definition) is 5. The van der Waals surface area contributed by atoms with Crippen LogP contribution in [0.4, 0.5) is 0 Å². The summed E-state index contributed by atoms with van der Waals surface area (Å²) in [4.78, 5) is 19.9. The van der Waals surface area contributed by atoms with Crippen LogP contribution in [0.3, 0.4) is 0 Å². The van der Waals surface area contributed by atoms with Gasteiger partial charge >= 0.3 is 0 Å². The minimum absolute atomic E-state index is 0.269. The van der Waals surface area contributed by atoms with Crippen molar-refractivity contribution in [3.8, 4) is 0 Å². The molecule has 1 N–H and O–H groups in total. The third-order valence-corrected chi connectivity index (χ3v) is 5.54. The van der Waals surface area contributed by atoms with E-state index >= 15 is 0 Å². The van der Waals surface area contributed by atoms with Crippen molar-refractivity contribution in [2.75, 3.05) is 6.54 Å². The van der Waals surface area contributed by atoms with Crippen LogP contribution in [0.1, 0.15) is 29.9 Å². The molecule has 1 aromatic carbocycles. The zero-order valence-corrected chi connectivity index (χ0v) is 13.9. The van der Waals surface area contributed by atoms with Gasteiger partial charge < -0.3 is 5.32 Å². The number of benzene rings is 1. The molecule has 0 atom stereocenters. The van der Waals surface area contributed by atoms with Gasteiger partial charge in [-0.3, -0.25) is 9.78 Å². The Balaban J connectivity index is 1.91. The second-order valence-corrected chi connectivity index (χ2v) is 7.84. The van der Waals surface area contributed by atoms with E-state index in [0.717, 1.165) is 5.56 Å². The highest BCUT2D eigenvalue weighted by Gasteiger charge is 2.18. The average Bonchev–Trinajstić information content (AvgIpc) is 2.56. The van der Waals surface area contributed by atoms with Gasteiger partial charge in [0.1, 0.15) is 5.69 Å². The van der Waals surface area contributed by atoms with Gasteiger partial charge in [-0.25, -0.2) is 13.4 Å². The molecule has 0 unspecified atom stereocenters. The van der Waals surface area contributed by atoms with Gasteiger partial charge in [-0.1, -0.05) is 12.1 Å². The van der Waals surface area contributed by atoms with Gasteiger partial charge in [0.2, 0.25) is 0 Å². The number of aromatic nitrogens is 2. The highest BCUT2D eigenvalue weighted by molar-refractivity contribution is 7.92. The van der Waals surface area contributed by atoms with E-state index in [4.69, 9.17) is 0 Å². The molecule has 122 valence electrons. The molecular weight excluding hydrogens is 314 g/mol. The maximum atomic E-state index is 12.0. The summed E-state index contributed by atoms with van der Waals surface area (Å²) in [6.45, 7) is 3.75. The Hall–Kier alpha value is -2.28. The van der Waals surface area contributed by atoms with Crippen LogP contribution in [0.25, 0.3) is 0 Å². The highest BCUT2D eigenvalue weighted by Crippen LogP contribution is 2.16. The standard InChI is InChI=1S/C16H19N3O3S/c1-12(2)23(21,22)14-5-3-13(4-6-14)7-8-19-16(20)15-11-17-9-10-18-15/h3-6,9-12H,7-8H2,1-2H3,(H,19,20). The third-order valence-electron chi connectivity index (χ3n) is 3.37. The molecule has 0 spiro atoms. The molecule has 1 aromatic heterocycles. The van der Waals surface area contributed by atoms with E-state index in [1.54, 1.807) is 38.1 Å². The van der Waals surface area contributed by atoms with Crippen molar-refractivity contribution < 1.29 is 13.2 Å². The van der Waals surface area contributed by atoms with E-state index in [1.165, 1.54) is 18.6 Å². The molecule has 0 aliphatic heterocycles. The lowest BCUT2D eigenvalue weighted by molar-refractivity contribution is 0.0948. The number of amides is 1. The quantitative estimate of drug-likeness (QED) is 0.868. The van der Waals surface area contributed by atoms with E-state index in [-0.39, 0.29) is 11.6 Å². The molecular formula is C16H19N3O3S. The monoisotopic (exact) mass is 333 g/mol. The van der Waals surface area contributed by atoms with Gasteiger partial charge in [-0.2, -0.15) is 0 Å². The predicted octanol–water partition coefficient (Wildman–Crippen LogP) is 1.63. The fraction of sp³-hybridized carbons (Fsp3) is 0.312. The van der Waals surface area contributed by atoms with Crippen LogP contribution in [0.15, 0.2) is 47.8 Å². The van der Waals surface area contributed by atoms with Gasteiger partial charge in [0.05, 0.1) is 16.3 Å². The molecule has 7 heteroatoms. The summed E-state index contributed by atoms with van der Waals surface area (Å²) in [7, 11) is -3.25. The Bertz CT molecular complexity index is 757. The fourth-order valence-corrected chi connectivity index (χ4v) is 3.01. The molecule has 2 aromatic rings. The van der Waals surface area contributed by atoms with Gasteiger partial charge in [-0.15, -0.1) is 0 Å². The molecule has 0 fully saturated rings. The van der Waals surface area contributed by atoms with E-state index in [2.05, 4.69) is 15.3 Å². The van der Waals surface area contributed by atoms with E-state index in [9.17, 15) is 13.2 Å². The van der Waals surface area contributed by atoms with Gasteiger partial charge in [0.25, 0.3) is 5.91 Å². The lowest BCUT2D eigenvalue weighted by Crippen LogP contribution is -2.26. The summed E-state index contributed by atoms with van der Waals surface area (Å²) in [5.41, 5.74) is 1.22. The zero-order valence-electron chi connectivity index (χ0n) is 13.1. The largest absolute Gasteiger partial charge is 0.350 e. The molecule has 23 heavy (non-hydrogen) atoms. The van der Waals surface area contributed by atoms with Crippen molar-refractivity contribution in [3.05, 3.63) is 54.1 Å². The number of rotatable bonds is 6. The molecule has 0 aliphatic rings. The summed E-state index contributed by atoms with van der Waals surface area (Å²) in [5.74, 6) is -0.280. The van der Waals surface area contributed by atoms with Crippen LogP contribution in [-0.2, 0) is 16.3 Å². The molecule has 1 heterocycles. The smallest absolute Gasteiger partial charge is 0.271 e. The number of nitrogens with zero attached hydrogens (tertiary/aromatic N) is 2. The van der Waals surface area contributed by atoms with Gasteiger partial charge in [0, 0.05) is 18.9 Å². The second kappa shape index (κ2) is 7.32. The Morgan fingerprint density at radius 2 is 1.87 bits per heavy atom. The first-order valence-electron chi connectivity index (χ1n) is 7.28. The lowest BCUT2D eigenvalue weighted by atomic mass is 10.1. The molecule has 2 rings (SSSR count). The topological polar surface area (TPSA) is 89.0 Å². The Morgan fingerprint density at radius 1 is 1.17 bits per heavy atom. The molecule has 0 aliphatic carbocycles. The van der Waals surface area contributed by atoms with Crippen molar-refractivity contribution >= 4 is 15.7 Å². The lowest BCUT2D eigenvalue weighted by Gasteiger charge is -2.09. The number of nitrogens with one attached hydrogen (secondary N) is 1. The first-order chi connectivity index (χ1) is 10.9. The van der Waals surface area contributed by atoms with Crippen LogP contribution < -0.4 is 5.32 Å². The highest BCUT2D eigenvalue weighted by atomic mass is 32.2. The number of sulfone groups is 1. The van der Waals surface area contributed by atoms with E-state index in [1.807, 2.05) is 0 Å². The minimum atomic E-state index is -3.25. The Morgan fingerprint density at radius 3 is 2.43 bits per heavy atom. The predicted molar refractivity (Wildman–Crippen MR) is 86.8 cm³/mol. The van der Waals surface area contributed by atoms with Crippen LogP contribution in [-0.4, -0.2) is 36.1 Å².